The SMILES string of the molecule is C[C@H](NC(=O)[C@H](Cc1cccnc1)NC(=O)C(C)(C)/C=C/c1cc2cc([C@@H](C)O)ccc2cn1)C(=O)N1CCC[C@@H](C(=O)O)N1. The molecule has 4 atom stereocenters. The summed E-state index contributed by atoms with van der Waals surface area (Å²) in [6.45, 7) is 6.97. The van der Waals surface area contributed by atoms with Gasteiger partial charge in [-0.25, -0.2) is 5.43 Å². The van der Waals surface area contributed by atoms with Crippen LogP contribution < -0.4 is 16.1 Å². The van der Waals surface area contributed by atoms with E-state index in [1.54, 1.807) is 63.6 Å². The predicted molar refractivity (Wildman–Crippen MR) is 168 cm³/mol. The van der Waals surface area contributed by atoms with Crippen molar-refractivity contribution in [2.75, 3.05) is 6.54 Å². The number of rotatable bonds is 11. The Balaban J connectivity index is 1.47. The lowest BCUT2D eigenvalue weighted by atomic mass is 9.90. The minimum Gasteiger partial charge on any atom is -0.480 e. The third kappa shape index (κ3) is 8.70. The minimum absolute atomic E-state index is 0.132. The molecule has 1 saturated heterocycles. The fourth-order valence-corrected chi connectivity index (χ4v) is 4.94. The molecule has 3 heterocycles. The van der Waals surface area contributed by atoms with E-state index < -0.39 is 53.3 Å². The van der Waals surface area contributed by atoms with Gasteiger partial charge in [0.15, 0.2) is 0 Å². The van der Waals surface area contributed by atoms with E-state index in [-0.39, 0.29) is 6.42 Å². The van der Waals surface area contributed by atoms with Crippen LogP contribution in [-0.4, -0.2) is 73.6 Å². The van der Waals surface area contributed by atoms with E-state index >= 15 is 0 Å². The van der Waals surface area contributed by atoms with E-state index in [1.165, 1.54) is 11.9 Å². The van der Waals surface area contributed by atoms with Crippen LogP contribution in [0.25, 0.3) is 16.8 Å². The molecule has 1 aromatic carbocycles. The van der Waals surface area contributed by atoms with Crippen molar-refractivity contribution in [1.82, 2.24) is 31.0 Å². The number of nitrogens with zero attached hydrogens (tertiary/aromatic N) is 3. The molecule has 0 saturated carbocycles. The second-order valence-corrected chi connectivity index (χ2v) is 11.9. The van der Waals surface area contributed by atoms with Crippen LogP contribution in [0.3, 0.4) is 0 Å². The van der Waals surface area contributed by atoms with Crippen molar-refractivity contribution in [1.29, 1.82) is 0 Å². The van der Waals surface area contributed by atoms with Gasteiger partial charge in [0.05, 0.1) is 17.2 Å². The van der Waals surface area contributed by atoms with E-state index in [4.69, 9.17) is 0 Å². The summed E-state index contributed by atoms with van der Waals surface area (Å²) in [6, 6.07) is 8.15. The van der Waals surface area contributed by atoms with Gasteiger partial charge in [0.1, 0.15) is 18.1 Å². The molecule has 0 aliphatic carbocycles. The van der Waals surface area contributed by atoms with Gasteiger partial charge < -0.3 is 20.8 Å². The van der Waals surface area contributed by atoms with Crippen molar-refractivity contribution in [3.63, 3.8) is 0 Å². The number of carboxylic acid groups (broad SMARTS) is 1. The van der Waals surface area contributed by atoms with E-state index in [1.807, 2.05) is 24.3 Å². The van der Waals surface area contributed by atoms with Crippen LogP contribution in [0.1, 0.15) is 63.5 Å². The van der Waals surface area contributed by atoms with Gasteiger partial charge in [0.2, 0.25) is 11.8 Å². The Morgan fingerprint density at radius 2 is 1.89 bits per heavy atom. The summed E-state index contributed by atoms with van der Waals surface area (Å²) in [4.78, 5) is 60.0. The zero-order valence-corrected chi connectivity index (χ0v) is 25.9. The first-order valence-electron chi connectivity index (χ1n) is 14.9. The van der Waals surface area contributed by atoms with E-state index in [2.05, 4.69) is 26.0 Å². The zero-order valence-electron chi connectivity index (χ0n) is 25.9. The van der Waals surface area contributed by atoms with Gasteiger partial charge in [0.25, 0.3) is 5.91 Å². The monoisotopic (exact) mass is 616 g/mol. The largest absolute Gasteiger partial charge is 0.480 e. The molecule has 45 heavy (non-hydrogen) atoms. The number of aliphatic hydroxyl groups excluding tert-OH is 1. The number of aromatic nitrogens is 2. The third-order valence-corrected chi connectivity index (χ3v) is 7.77. The zero-order chi connectivity index (χ0) is 32.7. The first kappa shape index (κ1) is 33.2. The van der Waals surface area contributed by atoms with Gasteiger partial charge in [-0.2, -0.15) is 0 Å². The Kier molecular flexibility index (Phi) is 10.6. The van der Waals surface area contributed by atoms with E-state index in [0.29, 0.717) is 30.6 Å². The third-order valence-electron chi connectivity index (χ3n) is 7.77. The Bertz CT molecular complexity index is 1570. The molecule has 4 rings (SSSR count). The Labute approximate surface area is 261 Å². The Morgan fingerprint density at radius 1 is 1.11 bits per heavy atom. The fraction of sp³-hybridized carbons (Fsp3) is 0.394. The molecule has 3 aromatic rings. The van der Waals surface area contributed by atoms with Crippen LogP contribution in [0.15, 0.2) is 61.1 Å². The number of amides is 3. The summed E-state index contributed by atoms with van der Waals surface area (Å²) >= 11 is 0. The Morgan fingerprint density at radius 3 is 2.58 bits per heavy atom. The molecule has 0 unspecified atom stereocenters. The number of hydrogen-bond acceptors (Lipinski definition) is 8. The van der Waals surface area contributed by atoms with Crippen molar-refractivity contribution in [3.05, 3.63) is 77.9 Å². The van der Waals surface area contributed by atoms with Crippen molar-refractivity contribution in [2.24, 2.45) is 5.41 Å². The highest BCUT2D eigenvalue weighted by Gasteiger charge is 2.33. The number of hydrogen-bond donors (Lipinski definition) is 5. The molecule has 1 aliphatic rings. The molecule has 12 heteroatoms. The molecule has 238 valence electrons. The lowest BCUT2D eigenvalue weighted by molar-refractivity contribution is -0.148. The summed E-state index contributed by atoms with van der Waals surface area (Å²) in [5.74, 6) is -2.51. The summed E-state index contributed by atoms with van der Waals surface area (Å²) in [5.41, 5.74) is 3.78. The Hall–Kier alpha value is -4.68. The van der Waals surface area contributed by atoms with Gasteiger partial charge >= 0.3 is 5.97 Å². The second-order valence-electron chi connectivity index (χ2n) is 11.9. The van der Waals surface area contributed by atoms with E-state index in [0.717, 1.165) is 16.3 Å². The summed E-state index contributed by atoms with van der Waals surface area (Å²) in [5, 5.41) is 27.8. The highest BCUT2D eigenvalue weighted by atomic mass is 16.4. The summed E-state index contributed by atoms with van der Waals surface area (Å²) < 4.78 is 0. The highest BCUT2D eigenvalue weighted by Crippen LogP contribution is 2.23. The first-order valence-corrected chi connectivity index (χ1v) is 14.9. The van der Waals surface area contributed by atoms with Gasteiger partial charge in [-0.1, -0.05) is 24.3 Å². The van der Waals surface area contributed by atoms with Gasteiger partial charge in [-0.3, -0.25) is 34.2 Å². The molecule has 0 bridgehead atoms. The molecule has 0 spiro atoms. The minimum atomic E-state index is -1.05. The average Bonchev–Trinajstić information content (AvgIpc) is 3.03. The van der Waals surface area contributed by atoms with E-state index in [9.17, 15) is 29.4 Å². The number of benzene rings is 1. The molecule has 0 radical (unpaired) electrons. The maximum atomic E-state index is 13.5. The predicted octanol–water partition coefficient (Wildman–Crippen LogP) is 2.53. The van der Waals surface area contributed by atoms with Crippen molar-refractivity contribution in [2.45, 2.75) is 71.2 Å². The molecule has 5 N–H and O–H groups in total. The van der Waals surface area contributed by atoms with Crippen LogP contribution in [0, 0.1) is 5.41 Å². The van der Waals surface area contributed by atoms with Gasteiger partial charge in [-0.15, -0.1) is 0 Å². The van der Waals surface area contributed by atoms with Crippen LogP contribution in [-0.2, 0) is 25.6 Å². The second kappa shape index (κ2) is 14.4. The number of pyridine rings is 2. The molecule has 3 amide bonds. The number of carbonyl (C=O) groups excluding carboxylic acids is 3. The molecule has 12 nitrogen and oxygen atoms in total. The van der Waals surface area contributed by atoms with Gasteiger partial charge in [-0.05, 0) is 81.3 Å². The maximum Gasteiger partial charge on any atom is 0.322 e. The maximum absolute atomic E-state index is 13.5. The number of carboxylic acids is 1. The quantitative estimate of drug-likeness (QED) is 0.217. The van der Waals surface area contributed by atoms with Crippen molar-refractivity contribution < 1.29 is 29.4 Å². The lowest BCUT2D eigenvalue weighted by Gasteiger charge is -2.34. The number of aliphatic hydroxyl groups is 1. The van der Waals surface area contributed by atoms with Gasteiger partial charge in [0, 0.05) is 36.9 Å². The standard InChI is InChI=1S/C33H40N6O6/c1-20(30(42)39-14-6-8-27(38-39)31(43)44)36-29(41)28(15-22-7-5-13-34-18-22)37-32(45)33(3,4)12-11-26-17-25-16-23(21(2)40)9-10-24(25)19-35-26/h5,7,9-13,16-21,27-28,38,40H,6,8,14-15H2,1-4H3,(H,36,41)(H,37,45)(H,43,44)/b12-11+/t20-,21+,27-,28-/m0/s1. The number of fused-ring (bicyclic) bond motifs is 1. The number of hydrazine groups is 1. The van der Waals surface area contributed by atoms with Crippen LogP contribution in [0.4, 0.5) is 0 Å². The average molecular weight is 617 g/mol. The molecular weight excluding hydrogens is 576 g/mol. The fourth-order valence-electron chi connectivity index (χ4n) is 4.94. The first-order chi connectivity index (χ1) is 21.3. The molecular formula is C33H40N6O6. The molecule has 2 aromatic heterocycles. The molecule has 1 aliphatic heterocycles. The summed E-state index contributed by atoms with van der Waals surface area (Å²) in [7, 11) is 0. The summed E-state index contributed by atoms with van der Waals surface area (Å²) in [6.07, 6.45) is 8.81. The van der Waals surface area contributed by atoms with Crippen LogP contribution in [0.2, 0.25) is 0 Å². The van der Waals surface area contributed by atoms with Crippen LogP contribution in [0.5, 0.6) is 0 Å². The number of nitrogens with one attached hydrogen (secondary N) is 3. The number of aliphatic carboxylic acids is 1. The number of carbonyl (C=O) groups is 4. The highest BCUT2D eigenvalue weighted by molar-refractivity contribution is 5.94. The lowest BCUT2D eigenvalue weighted by Crippen LogP contribution is -2.60. The van der Waals surface area contributed by atoms with Crippen molar-refractivity contribution >= 4 is 40.5 Å². The molecule has 1 fully saturated rings. The normalized spacial score (nSPS) is 17.4. The smallest absolute Gasteiger partial charge is 0.322 e. The van der Waals surface area contributed by atoms with Crippen molar-refractivity contribution in [3.8, 4) is 0 Å². The van der Waals surface area contributed by atoms with Crippen LogP contribution >= 0.6 is 0 Å². The topological polar surface area (TPSA) is 174 Å².